The van der Waals surface area contributed by atoms with E-state index in [1.165, 1.54) is 12.1 Å². The third-order valence-corrected chi connectivity index (χ3v) is 3.50. The van der Waals surface area contributed by atoms with E-state index >= 15 is 0 Å². The number of amides is 1. The van der Waals surface area contributed by atoms with Gasteiger partial charge in [-0.15, -0.1) is 0 Å². The van der Waals surface area contributed by atoms with E-state index < -0.39 is 11.4 Å². The van der Waals surface area contributed by atoms with Crippen LogP contribution in [-0.4, -0.2) is 42.1 Å². The number of likely N-dealkylation sites (tertiary alicyclic amines) is 1. The molecule has 0 unspecified atom stereocenters. The fourth-order valence-corrected chi connectivity index (χ4v) is 2.35. The molecule has 0 aromatic heterocycles. The van der Waals surface area contributed by atoms with Gasteiger partial charge in [0.2, 0.25) is 0 Å². The maximum atomic E-state index is 13.5. The second-order valence-electron chi connectivity index (χ2n) is 6.59. The van der Waals surface area contributed by atoms with Crippen molar-refractivity contribution < 1.29 is 23.5 Å². The lowest BCUT2D eigenvalue weighted by Gasteiger charge is -2.33. The normalized spacial score (nSPS) is 16.1. The van der Waals surface area contributed by atoms with E-state index in [1.54, 1.807) is 11.0 Å². The molecule has 0 aliphatic carbocycles. The van der Waals surface area contributed by atoms with Gasteiger partial charge in [-0.05, 0) is 32.9 Å². The Hall–Kier alpha value is -2.11. The van der Waals surface area contributed by atoms with Gasteiger partial charge in [-0.25, -0.2) is 9.18 Å². The number of carbonyl (C=O) groups is 2. The summed E-state index contributed by atoms with van der Waals surface area (Å²) >= 11 is 0. The summed E-state index contributed by atoms with van der Waals surface area (Å²) in [5, 5.41) is 0. The predicted octanol–water partition coefficient (Wildman–Crippen LogP) is 3.42. The summed E-state index contributed by atoms with van der Waals surface area (Å²) in [6.45, 7) is 6.57. The summed E-state index contributed by atoms with van der Waals surface area (Å²) < 4.78 is 24.6. The third-order valence-electron chi connectivity index (χ3n) is 3.50. The van der Waals surface area contributed by atoms with Gasteiger partial charge < -0.3 is 14.4 Å². The van der Waals surface area contributed by atoms with Gasteiger partial charge in [-0.1, -0.05) is 0 Å². The van der Waals surface area contributed by atoms with Crippen LogP contribution in [0.1, 0.15) is 44.0 Å². The molecular formula is C17H22FNO4. The first-order valence-corrected chi connectivity index (χ1v) is 7.68. The number of ether oxygens (including phenoxy) is 2. The Morgan fingerprint density at radius 1 is 1.30 bits per heavy atom. The Morgan fingerprint density at radius 3 is 2.48 bits per heavy atom. The third kappa shape index (κ3) is 4.94. The second-order valence-corrected chi connectivity index (χ2v) is 6.59. The Labute approximate surface area is 135 Å². The maximum Gasteiger partial charge on any atom is 0.410 e. The van der Waals surface area contributed by atoms with E-state index in [4.69, 9.17) is 9.47 Å². The molecule has 0 atom stereocenters. The van der Waals surface area contributed by atoms with Crippen LogP contribution in [0.2, 0.25) is 0 Å². The van der Waals surface area contributed by atoms with Gasteiger partial charge in [0.05, 0.1) is 5.56 Å². The van der Waals surface area contributed by atoms with Crippen molar-refractivity contribution in [2.45, 2.75) is 45.3 Å². The average molecular weight is 323 g/mol. The quantitative estimate of drug-likeness (QED) is 0.800. The topological polar surface area (TPSA) is 55.8 Å². The number of carbonyl (C=O) groups excluding carboxylic acids is 2. The van der Waals surface area contributed by atoms with E-state index in [9.17, 15) is 14.0 Å². The molecule has 1 aliphatic heterocycles. The van der Waals surface area contributed by atoms with E-state index in [0.29, 0.717) is 38.0 Å². The molecule has 1 fully saturated rings. The number of hydrogen-bond acceptors (Lipinski definition) is 4. The lowest BCUT2D eigenvalue weighted by molar-refractivity contribution is 0.0126. The highest BCUT2D eigenvalue weighted by Crippen LogP contribution is 2.22. The van der Waals surface area contributed by atoms with Crippen molar-refractivity contribution in [3.63, 3.8) is 0 Å². The number of nitrogens with zero attached hydrogens (tertiary/aromatic N) is 1. The Kier molecular flexibility index (Phi) is 5.23. The summed E-state index contributed by atoms with van der Waals surface area (Å²) in [5.74, 6) is -0.201. The summed E-state index contributed by atoms with van der Waals surface area (Å²) in [7, 11) is 0. The fraction of sp³-hybridized carbons (Fsp3) is 0.529. The lowest BCUT2D eigenvalue weighted by Crippen LogP contribution is -2.44. The monoisotopic (exact) mass is 323 g/mol. The molecule has 0 radical (unpaired) electrons. The van der Waals surface area contributed by atoms with E-state index in [-0.39, 0.29) is 17.8 Å². The van der Waals surface area contributed by atoms with Crippen LogP contribution in [0.4, 0.5) is 9.18 Å². The van der Waals surface area contributed by atoms with Gasteiger partial charge in [0.1, 0.15) is 23.3 Å². The van der Waals surface area contributed by atoms with Crippen molar-refractivity contribution in [3.05, 3.63) is 29.6 Å². The SMILES string of the molecule is CC(C)(C)OC(=O)N1CCC(Oc2ccc(C=O)c(F)c2)CC1. The van der Waals surface area contributed by atoms with Crippen LogP contribution in [0, 0.1) is 5.82 Å². The van der Waals surface area contributed by atoms with Gasteiger partial charge in [-0.2, -0.15) is 0 Å². The van der Waals surface area contributed by atoms with E-state index in [0.717, 1.165) is 0 Å². The number of piperidine rings is 1. The van der Waals surface area contributed by atoms with Crippen molar-refractivity contribution in [3.8, 4) is 5.75 Å². The minimum absolute atomic E-state index is 0.0112. The van der Waals surface area contributed by atoms with Crippen LogP contribution >= 0.6 is 0 Å². The van der Waals surface area contributed by atoms with Gasteiger partial charge in [0, 0.05) is 32.0 Å². The highest BCUT2D eigenvalue weighted by Gasteiger charge is 2.27. The molecule has 2 rings (SSSR count). The molecule has 126 valence electrons. The summed E-state index contributed by atoms with van der Waals surface area (Å²) in [6, 6.07) is 4.19. The van der Waals surface area contributed by atoms with Crippen molar-refractivity contribution in [2.24, 2.45) is 0 Å². The van der Waals surface area contributed by atoms with Crippen molar-refractivity contribution in [1.82, 2.24) is 4.90 Å². The summed E-state index contributed by atoms with van der Waals surface area (Å²) in [4.78, 5) is 24.2. The standard InChI is InChI=1S/C17H22FNO4/c1-17(2,3)23-16(21)19-8-6-13(7-9-19)22-14-5-4-12(11-20)15(18)10-14/h4-5,10-11,13H,6-9H2,1-3H3. The smallest absolute Gasteiger partial charge is 0.410 e. The average Bonchev–Trinajstić information content (AvgIpc) is 2.46. The van der Waals surface area contributed by atoms with Gasteiger partial charge in [-0.3, -0.25) is 4.79 Å². The first kappa shape index (κ1) is 17.2. The van der Waals surface area contributed by atoms with Crippen LogP contribution in [-0.2, 0) is 4.74 Å². The highest BCUT2D eigenvalue weighted by molar-refractivity contribution is 5.75. The number of benzene rings is 1. The number of aldehydes is 1. The number of rotatable bonds is 3. The minimum Gasteiger partial charge on any atom is -0.490 e. The molecule has 1 aromatic carbocycles. The Bertz CT molecular complexity index is 574. The largest absolute Gasteiger partial charge is 0.490 e. The molecule has 0 spiro atoms. The minimum atomic E-state index is -0.594. The molecule has 0 N–H and O–H groups in total. The molecule has 5 nitrogen and oxygen atoms in total. The first-order chi connectivity index (χ1) is 10.8. The second kappa shape index (κ2) is 6.98. The zero-order valence-corrected chi connectivity index (χ0v) is 13.7. The van der Waals surface area contributed by atoms with Crippen molar-refractivity contribution in [2.75, 3.05) is 13.1 Å². The zero-order chi connectivity index (χ0) is 17.0. The molecule has 1 aromatic rings. The van der Waals surface area contributed by atoms with E-state index in [2.05, 4.69) is 0 Å². The molecule has 0 bridgehead atoms. The Morgan fingerprint density at radius 2 is 1.96 bits per heavy atom. The van der Waals surface area contributed by atoms with E-state index in [1.807, 2.05) is 20.8 Å². The van der Waals surface area contributed by atoms with Gasteiger partial charge in [0.15, 0.2) is 6.29 Å². The molecular weight excluding hydrogens is 301 g/mol. The molecule has 0 saturated carbocycles. The Balaban J connectivity index is 1.86. The molecule has 6 heteroatoms. The predicted molar refractivity (Wildman–Crippen MR) is 83.2 cm³/mol. The lowest BCUT2D eigenvalue weighted by atomic mass is 10.1. The maximum absolute atomic E-state index is 13.5. The molecule has 1 heterocycles. The number of halogens is 1. The number of hydrogen-bond donors (Lipinski definition) is 0. The van der Waals surface area contributed by atoms with Crippen LogP contribution in [0.15, 0.2) is 18.2 Å². The fourth-order valence-electron chi connectivity index (χ4n) is 2.35. The summed E-state index contributed by atoms with van der Waals surface area (Å²) in [6.07, 6.45) is 1.36. The summed E-state index contributed by atoms with van der Waals surface area (Å²) in [5.41, 5.74) is -0.500. The highest BCUT2D eigenvalue weighted by atomic mass is 19.1. The van der Waals surface area contributed by atoms with Crippen LogP contribution in [0.25, 0.3) is 0 Å². The van der Waals surface area contributed by atoms with Crippen LogP contribution in [0.5, 0.6) is 5.75 Å². The van der Waals surface area contributed by atoms with Gasteiger partial charge in [0.25, 0.3) is 0 Å². The van der Waals surface area contributed by atoms with Crippen molar-refractivity contribution in [1.29, 1.82) is 0 Å². The van der Waals surface area contributed by atoms with Crippen LogP contribution in [0.3, 0.4) is 0 Å². The molecule has 1 amide bonds. The molecule has 1 aliphatic rings. The molecule has 23 heavy (non-hydrogen) atoms. The molecule has 1 saturated heterocycles. The van der Waals surface area contributed by atoms with Crippen molar-refractivity contribution >= 4 is 12.4 Å². The first-order valence-electron chi connectivity index (χ1n) is 7.68. The van der Waals surface area contributed by atoms with Crippen LogP contribution < -0.4 is 4.74 Å². The van der Waals surface area contributed by atoms with Gasteiger partial charge >= 0.3 is 6.09 Å². The zero-order valence-electron chi connectivity index (χ0n) is 13.7.